The second-order valence-corrected chi connectivity index (χ2v) is 3.23. The normalized spacial score (nSPS) is 8.83. The molecule has 0 amide bonds. The summed E-state index contributed by atoms with van der Waals surface area (Å²) in [5.74, 6) is -0.603. The molecule has 0 saturated carbocycles. The first-order valence-corrected chi connectivity index (χ1v) is 5.09. The third-order valence-corrected chi connectivity index (χ3v) is 1.87. The van der Waals surface area contributed by atoms with Crippen molar-refractivity contribution in [2.45, 2.75) is 0 Å². The van der Waals surface area contributed by atoms with Crippen molar-refractivity contribution in [3.8, 4) is 0 Å². The van der Waals surface area contributed by atoms with E-state index in [4.69, 9.17) is 0 Å². The average molecular weight is 252 g/mol. The molecule has 0 unspecified atom stereocenters. The summed E-state index contributed by atoms with van der Waals surface area (Å²) in [7, 11) is 4.97. The molecule has 0 fully saturated rings. The van der Waals surface area contributed by atoms with Crippen molar-refractivity contribution < 1.29 is 14.5 Å². The van der Waals surface area contributed by atoms with Gasteiger partial charge in [-0.25, -0.2) is 4.79 Å². The molecular weight excluding hydrogens is 236 g/mol. The van der Waals surface area contributed by atoms with Crippen molar-refractivity contribution in [1.29, 1.82) is 0 Å². The van der Waals surface area contributed by atoms with Gasteiger partial charge in [0.15, 0.2) is 0 Å². The molecule has 98 valence electrons. The van der Waals surface area contributed by atoms with Crippen molar-refractivity contribution in [2.75, 3.05) is 21.2 Å². The first-order valence-electron chi connectivity index (χ1n) is 5.09. The number of rotatable bonds is 3. The van der Waals surface area contributed by atoms with Crippen molar-refractivity contribution >= 4 is 17.7 Å². The molecule has 1 aromatic carbocycles. The molecule has 6 heteroatoms. The van der Waals surface area contributed by atoms with Crippen molar-refractivity contribution in [1.82, 2.24) is 5.32 Å². The topological polar surface area (TPSA) is 81.5 Å². The Morgan fingerprint density at radius 1 is 1.50 bits per heavy atom. The number of hydrogen-bond acceptors (Lipinski definition) is 5. The van der Waals surface area contributed by atoms with Crippen molar-refractivity contribution in [3.05, 3.63) is 46.0 Å². The lowest BCUT2D eigenvalue weighted by molar-refractivity contribution is -0.385. The highest BCUT2D eigenvalue weighted by Crippen LogP contribution is 2.21. The van der Waals surface area contributed by atoms with E-state index in [9.17, 15) is 14.9 Å². The minimum atomic E-state index is -0.603. The molecule has 18 heavy (non-hydrogen) atoms. The number of nitrogens with one attached hydrogen (secondary N) is 1. The highest BCUT2D eigenvalue weighted by molar-refractivity contribution is 5.90. The third kappa shape index (κ3) is 4.34. The standard InChI is InChI=1S/C10H9NO4.C2H7N/c1-3-7-4-5-8(10(12)15-2)6-9(7)11(13)14;1-3-2/h3-6H,1H2,2H3;3H,1-2H3. The second kappa shape index (κ2) is 7.97. The maximum absolute atomic E-state index is 11.1. The number of benzene rings is 1. The number of nitrogens with zero attached hydrogens (tertiary/aromatic N) is 1. The molecule has 1 rings (SSSR count). The summed E-state index contributed by atoms with van der Waals surface area (Å²) in [6.07, 6.45) is 1.36. The van der Waals surface area contributed by atoms with Crippen LogP contribution in [0.2, 0.25) is 0 Å². The van der Waals surface area contributed by atoms with E-state index < -0.39 is 10.9 Å². The van der Waals surface area contributed by atoms with Gasteiger partial charge in [0.1, 0.15) is 0 Å². The van der Waals surface area contributed by atoms with Gasteiger partial charge >= 0.3 is 5.97 Å². The van der Waals surface area contributed by atoms with Crippen LogP contribution in [-0.4, -0.2) is 32.1 Å². The van der Waals surface area contributed by atoms with Crippen LogP contribution < -0.4 is 5.32 Å². The van der Waals surface area contributed by atoms with Crippen LogP contribution in [0.1, 0.15) is 15.9 Å². The van der Waals surface area contributed by atoms with Gasteiger partial charge in [-0.05, 0) is 26.2 Å². The van der Waals surface area contributed by atoms with Crippen molar-refractivity contribution in [2.24, 2.45) is 0 Å². The molecule has 1 N–H and O–H groups in total. The summed E-state index contributed by atoms with van der Waals surface area (Å²) < 4.78 is 4.46. The summed E-state index contributed by atoms with van der Waals surface area (Å²) in [6.45, 7) is 3.45. The molecular formula is C12H16N2O4. The summed E-state index contributed by atoms with van der Waals surface area (Å²) in [6, 6.07) is 4.08. The molecule has 0 heterocycles. The lowest BCUT2D eigenvalue weighted by Crippen LogP contribution is -2.02. The van der Waals surface area contributed by atoms with Gasteiger partial charge < -0.3 is 10.1 Å². The van der Waals surface area contributed by atoms with Crippen LogP contribution in [0.5, 0.6) is 0 Å². The Morgan fingerprint density at radius 3 is 2.44 bits per heavy atom. The number of carbonyl (C=O) groups is 1. The monoisotopic (exact) mass is 252 g/mol. The quantitative estimate of drug-likeness (QED) is 0.504. The fourth-order valence-electron chi connectivity index (χ4n) is 1.12. The van der Waals surface area contributed by atoms with Crippen LogP contribution in [0, 0.1) is 10.1 Å². The van der Waals surface area contributed by atoms with Gasteiger partial charge in [0, 0.05) is 6.07 Å². The minimum absolute atomic E-state index is 0.148. The van der Waals surface area contributed by atoms with Gasteiger partial charge in [0.05, 0.1) is 23.2 Å². The van der Waals surface area contributed by atoms with Gasteiger partial charge in [-0.3, -0.25) is 10.1 Å². The fourth-order valence-corrected chi connectivity index (χ4v) is 1.12. The van der Waals surface area contributed by atoms with E-state index in [-0.39, 0.29) is 11.3 Å². The predicted octanol–water partition coefficient (Wildman–Crippen LogP) is 1.86. The van der Waals surface area contributed by atoms with Crippen LogP contribution in [0.25, 0.3) is 6.08 Å². The van der Waals surface area contributed by atoms with E-state index in [0.717, 1.165) is 0 Å². The van der Waals surface area contributed by atoms with Gasteiger partial charge in [0.2, 0.25) is 0 Å². The molecule has 0 radical (unpaired) electrons. The van der Waals surface area contributed by atoms with Crippen LogP contribution in [0.15, 0.2) is 24.8 Å². The molecule has 0 aliphatic rings. The van der Waals surface area contributed by atoms with E-state index in [1.54, 1.807) is 0 Å². The Morgan fingerprint density at radius 2 is 2.06 bits per heavy atom. The summed E-state index contributed by atoms with van der Waals surface area (Å²) in [5, 5.41) is 13.4. The predicted molar refractivity (Wildman–Crippen MR) is 69.5 cm³/mol. The lowest BCUT2D eigenvalue weighted by atomic mass is 10.1. The molecule has 0 bridgehead atoms. The van der Waals surface area contributed by atoms with Crippen LogP contribution >= 0.6 is 0 Å². The molecule has 0 aromatic heterocycles. The Bertz CT molecular complexity index is 444. The highest BCUT2D eigenvalue weighted by Gasteiger charge is 2.15. The fraction of sp³-hybridized carbons (Fsp3) is 0.250. The van der Waals surface area contributed by atoms with Crippen LogP contribution in [0.3, 0.4) is 0 Å². The maximum atomic E-state index is 11.1. The van der Waals surface area contributed by atoms with Crippen molar-refractivity contribution in [3.63, 3.8) is 0 Å². The summed E-state index contributed by atoms with van der Waals surface area (Å²) in [5.41, 5.74) is 0.357. The van der Waals surface area contributed by atoms with Gasteiger partial charge in [0.25, 0.3) is 5.69 Å². The Hall–Kier alpha value is -2.21. The number of nitro benzene ring substituents is 1. The first-order chi connectivity index (χ1) is 8.51. The van der Waals surface area contributed by atoms with E-state index in [0.29, 0.717) is 5.56 Å². The number of nitro groups is 1. The Labute approximate surface area is 105 Å². The van der Waals surface area contributed by atoms with Gasteiger partial charge in [-0.2, -0.15) is 0 Å². The maximum Gasteiger partial charge on any atom is 0.338 e. The average Bonchev–Trinajstić information content (AvgIpc) is 2.37. The van der Waals surface area contributed by atoms with Gasteiger partial charge in [-0.1, -0.05) is 12.7 Å². The zero-order valence-corrected chi connectivity index (χ0v) is 10.6. The minimum Gasteiger partial charge on any atom is -0.465 e. The number of carbonyl (C=O) groups excluding carboxylic acids is 1. The number of ether oxygens (including phenoxy) is 1. The first kappa shape index (κ1) is 15.8. The SMILES string of the molecule is C=Cc1ccc(C(=O)OC)cc1[N+](=O)[O-].CNC. The smallest absolute Gasteiger partial charge is 0.338 e. The zero-order chi connectivity index (χ0) is 14.1. The molecule has 0 aliphatic carbocycles. The number of hydrogen-bond donors (Lipinski definition) is 1. The van der Waals surface area contributed by atoms with E-state index in [1.165, 1.54) is 31.4 Å². The van der Waals surface area contributed by atoms with E-state index in [2.05, 4.69) is 16.6 Å². The number of esters is 1. The molecule has 0 spiro atoms. The van der Waals surface area contributed by atoms with E-state index in [1.807, 2.05) is 14.1 Å². The van der Waals surface area contributed by atoms with Crippen LogP contribution in [-0.2, 0) is 4.74 Å². The Balaban J connectivity index is 0.000000873. The van der Waals surface area contributed by atoms with Gasteiger partial charge in [-0.15, -0.1) is 0 Å². The lowest BCUT2D eigenvalue weighted by Gasteiger charge is -2.01. The molecule has 0 atom stereocenters. The zero-order valence-electron chi connectivity index (χ0n) is 10.6. The van der Waals surface area contributed by atoms with Crippen LogP contribution in [0.4, 0.5) is 5.69 Å². The Kier molecular flexibility index (Phi) is 6.99. The summed E-state index contributed by atoms with van der Waals surface area (Å²) in [4.78, 5) is 21.2. The second-order valence-electron chi connectivity index (χ2n) is 3.23. The third-order valence-electron chi connectivity index (χ3n) is 1.87. The molecule has 0 aliphatic heterocycles. The number of methoxy groups -OCH3 is 1. The summed E-state index contributed by atoms with van der Waals surface area (Å²) >= 11 is 0. The van der Waals surface area contributed by atoms with E-state index >= 15 is 0 Å². The highest BCUT2D eigenvalue weighted by atomic mass is 16.6. The largest absolute Gasteiger partial charge is 0.465 e. The molecule has 1 aromatic rings. The molecule has 6 nitrogen and oxygen atoms in total. The molecule has 0 saturated heterocycles.